The number of ether oxygens (including phenoxy) is 2. The molecule has 0 aliphatic rings. The molecule has 1 aromatic rings. The quantitative estimate of drug-likeness (QED) is 0.785. The summed E-state index contributed by atoms with van der Waals surface area (Å²) in [5.74, 6) is 0.262. The molecule has 0 fully saturated rings. The number of methoxy groups -OCH3 is 1. The predicted molar refractivity (Wildman–Crippen MR) is 63.0 cm³/mol. The summed E-state index contributed by atoms with van der Waals surface area (Å²) >= 11 is 0. The minimum atomic E-state index is -2.89. The molecule has 18 heavy (non-hydrogen) atoms. The van der Waals surface area contributed by atoms with Crippen molar-refractivity contribution in [2.45, 2.75) is 26.2 Å². The topological polar surface area (TPSA) is 50.7 Å². The highest BCUT2D eigenvalue weighted by Gasteiger charge is 2.11. The van der Waals surface area contributed by atoms with Gasteiger partial charge in [-0.25, -0.2) is 0 Å². The Morgan fingerprint density at radius 3 is 2.61 bits per heavy atom. The van der Waals surface area contributed by atoms with Crippen molar-refractivity contribution in [1.29, 1.82) is 0 Å². The summed E-state index contributed by atoms with van der Waals surface area (Å²) in [6, 6.07) is 4.79. The Kier molecular flexibility index (Phi) is 5.80. The maximum Gasteiger partial charge on any atom is 0.387 e. The highest BCUT2D eigenvalue weighted by atomic mass is 19.3. The zero-order valence-corrected chi connectivity index (χ0v) is 10.3. The SMILES string of the molecule is COc1ccc(CNCC(C)O)cc1OC(F)F. The van der Waals surface area contributed by atoms with Crippen LogP contribution in [0.4, 0.5) is 8.78 Å². The molecule has 0 aliphatic carbocycles. The first-order valence-corrected chi connectivity index (χ1v) is 5.53. The fraction of sp³-hybridized carbons (Fsp3) is 0.500. The Labute approximate surface area is 105 Å². The Morgan fingerprint density at radius 1 is 1.33 bits per heavy atom. The summed E-state index contributed by atoms with van der Waals surface area (Å²) in [6.07, 6.45) is -0.458. The van der Waals surface area contributed by atoms with E-state index in [1.165, 1.54) is 13.2 Å². The molecule has 0 heterocycles. The lowest BCUT2D eigenvalue weighted by Crippen LogP contribution is -2.23. The van der Waals surface area contributed by atoms with E-state index < -0.39 is 12.7 Å². The highest BCUT2D eigenvalue weighted by molar-refractivity contribution is 5.42. The summed E-state index contributed by atoms with van der Waals surface area (Å²) in [6.45, 7) is -0.350. The minimum absolute atomic E-state index is 0.00356. The molecular weight excluding hydrogens is 244 g/mol. The number of halogens is 2. The Balaban J connectivity index is 2.69. The second-order valence-electron chi connectivity index (χ2n) is 3.84. The molecular formula is C12H17F2NO3. The highest BCUT2D eigenvalue weighted by Crippen LogP contribution is 2.29. The van der Waals surface area contributed by atoms with Gasteiger partial charge in [-0.05, 0) is 24.6 Å². The van der Waals surface area contributed by atoms with Gasteiger partial charge in [0.15, 0.2) is 11.5 Å². The number of alkyl halides is 2. The number of rotatable bonds is 7. The maximum absolute atomic E-state index is 12.2. The van der Waals surface area contributed by atoms with Crippen molar-refractivity contribution in [3.8, 4) is 11.5 Å². The van der Waals surface area contributed by atoms with E-state index in [9.17, 15) is 8.78 Å². The third-order valence-electron chi connectivity index (χ3n) is 2.21. The van der Waals surface area contributed by atoms with Crippen LogP contribution in [-0.4, -0.2) is 31.5 Å². The van der Waals surface area contributed by atoms with E-state index in [0.717, 1.165) is 5.56 Å². The van der Waals surface area contributed by atoms with Crippen LogP contribution in [0, 0.1) is 0 Å². The van der Waals surface area contributed by atoms with Crippen LogP contribution < -0.4 is 14.8 Å². The van der Waals surface area contributed by atoms with Crippen molar-refractivity contribution in [3.63, 3.8) is 0 Å². The summed E-state index contributed by atoms with van der Waals surface area (Å²) in [4.78, 5) is 0. The molecule has 0 bridgehead atoms. The molecule has 6 heteroatoms. The minimum Gasteiger partial charge on any atom is -0.493 e. The number of aliphatic hydroxyl groups excluding tert-OH is 1. The summed E-state index contributed by atoms with van der Waals surface area (Å²) in [5, 5.41) is 12.1. The zero-order valence-electron chi connectivity index (χ0n) is 10.3. The van der Waals surface area contributed by atoms with Crippen molar-refractivity contribution < 1.29 is 23.4 Å². The zero-order chi connectivity index (χ0) is 13.5. The van der Waals surface area contributed by atoms with Crippen LogP contribution in [0.3, 0.4) is 0 Å². The van der Waals surface area contributed by atoms with Crippen molar-refractivity contribution in [2.75, 3.05) is 13.7 Å². The van der Waals surface area contributed by atoms with Gasteiger partial charge in [-0.3, -0.25) is 0 Å². The van der Waals surface area contributed by atoms with Gasteiger partial charge in [0, 0.05) is 13.1 Å². The van der Waals surface area contributed by atoms with Gasteiger partial charge in [0.1, 0.15) is 0 Å². The molecule has 1 aromatic carbocycles. The van der Waals surface area contributed by atoms with Gasteiger partial charge in [-0.15, -0.1) is 0 Å². The van der Waals surface area contributed by atoms with Gasteiger partial charge in [0.25, 0.3) is 0 Å². The lowest BCUT2D eigenvalue weighted by atomic mass is 10.2. The molecule has 1 atom stereocenters. The molecule has 4 nitrogen and oxygen atoms in total. The molecule has 0 saturated carbocycles. The first kappa shape index (κ1) is 14.7. The molecule has 0 spiro atoms. The molecule has 0 aliphatic heterocycles. The third kappa shape index (κ3) is 4.85. The van der Waals surface area contributed by atoms with Crippen LogP contribution in [0.25, 0.3) is 0 Å². The number of benzene rings is 1. The van der Waals surface area contributed by atoms with E-state index in [2.05, 4.69) is 10.1 Å². The Morgan fingerprint density at radius 2 is 2.06 bits per heavy atom. The van der Waals surface area contributed by atoms with Gasteiger partial charge in [-0.2, -0.15) is 8.78 Å². The van der Waals surface area contributed by atoms with Crippen LogP contribution >= 0.6 is 0 Å². The smallest absolute Gasteiger partial charge is 0.387 e. The fourth-order valence-corrected chi connectivity index (χ4v) is 1.44. The second-order valence-corrected chi connectivity index (χ2v) is 3.84. The molecule has 1 unspecified atom stereocenters. The normalized spacial score (nSPS) is 12.6. The second kappa shape index (κ2) is 7.13. The van der Waals surface area contributed by atoms with Crippen molar-refractivity contribution in [1.82, 2.24) is 5.32 Å². The molecule has 2 N–H and O–H groups in total. The van der Waals surface area contributed by atoms with Crippen LogP contribution in [-0.2, 0) is 6.54 Å². The first-order valence-electron chi connectivity index (χ1n) is 5.53. The average Bonchev–Trinajstić information content (AvgIpc) is 2.28. The number of hydrogen-bond donors (Lipinski definition) is 2. The van der Waals surface area contributed by atoms with E-state index in [-0.39, 0.29) is 11.5 Å². The summed E-state index contributed by atoms with van der Waals surface area (Å²) in [7, 11) is 1.39. The largest absolute Gasteiger partial charge is 0.493 e. The van der Waals surface area contributed by atoms with Gasteiger partial charge in [-0.1, -0.05) is 6.07 Å². The lowest BCUT2D eigenvalue weighted by molar-refractivity contribution is -0.0512. The van der Waals surface area contributed by atoms with Gasteiger partial charge in [0.2, 0.25) is 0 Å². The fourth-order valence-electron chi connectivity index (χ4n) is 1.44. The Hall–Kier alpha value is -1.40. The molecule has 1 rings (SSSR count). The predicted octanol–water partition coefficient (Wildman–Crippen LogP) is 1.77. The molecule has 0 radical (unpaired) electrons. The summed E-state index contributed by atoms with van der Waals surface area (Å²) in [5.41, 5.74) is 0.770. The van der Waals surface area contributed by atoms with Crippen LogP contribution in [0.5, 0.6) is 11.5 Å². The molecule has 102 valence electrons. The first-order chi connectivity index (χ1) is 8.52. The van der Waals surface area contributed by atoms with Crippen molar-refractivity contribution in [3.05, 3.63) is 23.8 Å². The van der Waals surface area contributed by atoms with E-state index in [1.807, 2.05) is 0 Å². The van der Waals surface area contributed by atoms with Crippen molar-refractivity contribution >= 4 is 0 Å². The van der Waals surface area contributed by atoms with Crippen LogP contribution in [0.15, 0.2) is 18.2 Å². The standard InChI is InChI=1S/C12H17F2NO3/c1-8(16)6-15-7-9-3-4-10(17-2)11(5-9)18-12(13)14/h3-5,8,12,15-16H,6-7H2,1-2H3. The summed E-state index contributed by atoms with van der Waals surface area (Å²) < 4.78 is 33.7. The molecule has 0 saturated heterocycles. The van der Waals surface area contributed by atoms with E-state index >= 15 is 0 Å². The average molecular weight is 261 g/mol. The number of hydrogen-bond acceptors (Lipinski definition) is 4. The van der Waals surface area contributed by atoms with E-state index in [0.29, 0.717) is 13.1 Å². The van der Waals surface area contributed by atoms with Gasteiger partial charge >= 0.3 is 6.61 Å². The van der Waals surface area contributed by atoms with E-state index in [4.69, 9.17) is 9.84 Å². The number of aliphatic hydroxyl groups is 1. The monoisotopic (exact) mass is 261 g/mol. The van der Waals surface area contributed by atoms with E-state index in [1.54, 1.807) is 19.1 Å². The van der Waals surface area contributed by atoms with Crippen molar-refractivity contribution in [2.24, 2.45) is 0 Å². The Bertz CT molecular complexity index is 372. The molecule has 0 amide bonds. The number of nitrogens with one attached hydrogen (secondary N) is 1. The van der Waals surface area contributed by atoms with Crippen LogP contribution in [0.2, 0.25) is 0 Å². The van der Waals surface area contributed by atoms with Gasteiger partial charge in [0.05, 0.1) is 13.2 Å². The van der Waals surface area contributed by atoms with Crippen LogP contribution in [0.1, 0.15) is 12.5 Å². The molecule has 0 aromatic heterocycles. The maximum atomic E-state index is 12.2. The third-order valence-corrected chi connectivity index (χ3v) is 2.21. The lowest BCUT2D eigenvalue weighted by Gasteiger charge is -2.12. The van der Waals surface area contributed by atoms with Gasteiger partial charge < -0.3 is 19.9 Å².